The highest BCUT2D eigenvalue weighted by Crippen LogP contribution is 2.33. The number of nitrogens with one attached hydrogen (secondary N) is 1. The van der Waals surface area contributed by atoms with Crippen LogP contribution in [0.4, 0.5) is 10.1 Å². The van der Waals surface area contributed by atoms with Gasteiger partial charge in [0.2, 0.25) is 0 Å². The Labute approximate surface area is 176 Å². The molecule has 0 aromatic heterocycles. The second-order valence-corrected chi connectivity index (χ2v) is 7.78. The van der Waals surface area contributed by atoms with Crippen molar-refractivity contribution in [3.8, 4) is 5.75 Å². The van der Waals surface area contributed by atoms with Crippen LogP contribution in [-0.2, 0) is 0 Å². The first-order valence-corrected chi connectivity index (χ1v) is 10.4. The number of benzene rings is 2. The van der Waals surface area contributed by atoms with Gasteiger partial charge in [0.15, 0.2) is 0 Å². The Morgan fingerprint density at radius 1 is 1.26 bits per heavy atom. The summed E-state index contributed by atoms with van der Waals surface area (Å²) in [5.74, 6) is -1.02. The molecule has 1 fully saturated rings. The molecule has 1 unspecified atom stereocenters. The maximum atomic E-state index is 14.2. The smallest absolute Gasteiger partial charge is 0.264 e. The lowest BCUT2D eigenvalue weighted by molar-refractivity contribution is 0.0980. The van der Waals surface area contributed by atoms with E-state index >= 15 is 0 Å². The van der Waals surface area contributed by atoms with Crippen LogP contribution in [0.3, 0.4) is 0 Å². The van der Waals surface area contributed by atoms with Crippen LogP contribution in [0.5, 0.6) is 5.75 Å². The van der Waals surface area contributed by atoms with Gasteiger partial charge >= 0.3 is 0 Å². The molecule has 144 valence electrons. The molecule has 1 N–H and O–H groups in total. The zero-order valence-corrected chi connectivity index (χ0v) is 17.4. The number of rotatable bonds is 6. The lowest BCUT2D eigenvalue weighted by Crippen LogP contribution is -2.51. The topological polar surface area (TPSA) is 41.6 Å². The number of anilines is 1. The largest absolute Gasteiger partial charge is 0.490 e. The average Bonchev–Trinajstić information content (AvgIpc) is 2.60. The minimum absolute atomic E-state index is 0.112. The van der Waals surface area contributed by atoms with Gasteiger partial charge in [0.05, 0.1) is 26.7 Å². The summed E-state index contributed by atoms with van der Waals surface area (Å²) in [5.41, 5.74) is 0.827. The predicted octanol–water partition coefficient (Wildman–Crippen LogP) is 5.45. The maximum Gasteiger partial charge on any atom is 0.264 e. The lowest BCUT2D eigenvalue weighted by Gasteiger charge is -2.42. The zero-order chi connectivity index (χ0) is 19.6. The Balaban J connectivity index is 1.67. The minimum Gasteiger partial charge on any atom is -0.490 e. The fourth-order valence-electron chi connectivity index (χ4n) is 2.76. The van der Waals surface area contributed by atoms with Gasteiger partial charge in [-0.3, -0.25) is 9.52 Å². The normalized spacial score (nSPS) is 16.0. The first-order chi connectivity index (χ1) is 12.9. The van der Waals surface area contributed by atoms with Gasteiger partial charge in [-0.2, -0.15) is 0 Å². The van der Waals surface area contributed by atoms with E-state index in [0.717, 1.165) is 36.7 Å². The van der Waals surface area contributed by atoms with Crippen LogP contribution in [0.2, 0.25) is 15.1 Å². The van der Waals surface area contributed by atoms with E-state index in [1.807, 2.05) is 12.1 Å². The van der Waals surface area contributed by atoms with Gasteiger partial charge in [-0.25, -0.2) is 4.39 Å². The predicted molar refractivity (Wildman–Crippen MR) is 110 cm³/mol. The van der Waals surface area contributed by atoms with Crippen molar-refractivity contribution in [1.82, 2.24) is 4.72 Å². The number of amides is 1. The molecule has 2 aromatic carbocycles. The van der Waals surface area contributed by atoms with Crippen LogP contribution < -0.4 is 14.4 Å². The maximum absolute atomic E-state index is 14.2. The quantitative estimate of drug-likeness (QED) is 0.595. The van der Waals surface area contributed by atoms with Gasteiger partial charge in [0.25, 0.3) is 5.91 Å². The molecule has 27 heavy (non-hydrogen) atoms. The van der Waals surface area contributed by atoms with Crippen molar-refractivity contribution < 1.29 is 13.9 Å². The number of hydrogen-bond acceptors (Lipinski definition) is 4. The number of carbonyl (C=O) groups is 1. The minimum atomic E-state index is -0.684. The third-order valence-electron chi connectivity index (χ3n) is 4.27. The molecule has 1 heterocycles. The van der Waals surface area contributed by atoms with Crippen LogP contribution >= 0.6 is 46.8 Å². The number of halogens is 4. The van der Waals surface area contributed by atoms with Crippen molar-refractivity contribution >= 4 is 58.3 Å². The molecule has 1 aliphatic heterocycles. The third kappa shape index (κ3) is 4.57. The van der Waals surface area contributed by atoms with Crippen molar-refractivity contribution in [3.63, 3.8) is 0 Å². The molecule has 2 aromatic rings. The highest BCUT2D eigenvalue weighted by atomic mass is 35.5. The number of ether oxygens (including phenoxy) is 1. The Morgan fingerprint density at radius 2 is 2.04 bits per heavy atom. The van der Waals surface area contributed by atoms with E-state index in [4.69, 9.17) is 39.5 Å². The number of hydrogen-bond donors (Lipinski definition) is 1. The Morgan fingerprint density at radius 3 is 2.67 bits per heavy atom. The van der Waals surface area contributed by atoms with Crippen LogP contribution in [0, 0.1) is 5.82 Å². The first-order valence-electron chi connectivity index (χ1n) is 8.07. The fourth-order valence-corrected chi connectivity index (χ4v) is 3.57. The molecule has 0 saturated carbocycles. The van der Waals surface area contributed by atoms with E-state index in [-0.39, 0.29) is 22.4 Å². The van der Waals surface area contributed by atoms with Crippen molar-refractivity contribution in [2.45, 2.75) is 12.5 Å². The summed E-state index contributed by atoms with van der Waals surface area (Å²) in [5, 5.41) is 1.18. The average molecular weight is 450 g/mol. The Kier molecular flexibility index (Phi) is 6.63. The van der Waals surface area contributed by atoms with E-state index < -0.39 is 11.7 Å². The van der Waals surface area contributed by atoms with Crippen LogP contribution in [0.1, 0.15) is 16.8 Å². The molecule has 9 heteroatoms. The second kappa shape index (κ2) is 8.78. The highest BCUT2D eigenvalue weighted by molar-refractivity contribution is 7.97. The van der Waals surface area contributed by atoms with Gasteiger partial charge in [-0.15, -0.1) is 0 Å². The lowest BCUT2D eigenvalue weighted by atomic mass is 10.0. The summed E-state index contributed by atoms with van der Waals surface area (Å²) < 4.78 is 22.4. The molecule has 3 rings (SSSR count). The van der Waals surface area contributed by atoms with Gasteiger partial charge in [0, 0.05) is 24.6 Å². The summed E-state index contributed by atoms with van der Waals surface area (Å²) in [6.07, 6.45) is 2.60. The van der Waals surface area contributed by atoms with Gasteiger partial charge in [-0.1, -0.05) is 46.8 Å². The second-order valence-electron chi connectivity index (χ2n) is 5.94. The molecular formula is C18H16Cl3FN2O2S. The molecule has 1 saturated heterocycles. The zero-order valence-electron chi connectivity index (χ0n) is 14.3. The van der Waals surface area contributed by atoms with E-state index in [9.17, 15) is 9.18 Å². The molecule has 1 atom stereocenters. The van der Waals surface area contributed by atoms with E-state index in [2.05, 4.69) is 9.62 Å². The van der Waals surface area contributed by atoms with Gasteiger partial charge < -0.3 is 9.64 Å². The summed E-state index contributed by atoms with van der Waals surface area (Å²) in [7, 11) is 0. The van der Waals surface area contributed by atoms with E-state index in [1.165, 1.54) is 6.07 Å². The van der Waals surface area contributed by atoms with Crippen molar-refractivity contribution in [2.24, 2.45) is 0 Å². The highest BCUT2D eigenvalue weighted by Gasteiger charge is 2.29. The van der Waals surface area contributed by atoms with Crippen molar-refractivity contribution in [1.29, 1.82) is 0 Å². The van der Waals surface area contributed by atoms with Gasteiger partial charge in [-0.05, 0) is 30.7 Å². The van der Waals surface area contributed by atoms with Crippen molar-refractivity contribution in [2.75, 3.05) is 24.3 Å². The summed E-state index contributed by atoms with van der Waals surface area (Å²) in [6, 6.07) is 7.98. The third-order valence-corrected chi connectivity index (χ3v) is 5.69. The van der Waals surface area contributed by atoms with Gasteiger partial charge in [0.1, 0.15) is 18.2 Å². The summed E-state index contributed by atoms with van der Waals surface area (Å²) in [6.45, 7) is 1.19. The van der Waals surface area contributed by atoms with Crippen LogP contribution in [0.25, 0.3) is 0 Å². The van der Waals surface area contributed by atoms with Crippen LogP contribution in [-0.4, -0.2) is 31.4 Å². The molecule has 0 aliphatic carbocycles. The number of nitrogens with zero attached hydrogens (tertiary/aromatic N) is 1. The molecule has 1 aliphatic rings. The van der Waals surface area contributed by atoms with E-state index in [0.29, 0.717) is 16.7 Å². The SMILES string of the molecule is CSNC(=O)c1cc(Cl)c(OCC2CCN2c2ccc(Cl)c(Cl)c2)cc1F. The number of carbonyl (C=O) groups excluding carboxylic acids is 1. The molecular weight excluding hydrogens is 434 g/mol. The molecule has 4 nitrogen and oxygen atoms in total. The molecule has 0 radical (unpaired) electrons. The monoisotopic (exact) mass is 448 g/mol. The van der Waals surface area contributed by atoms with Crippen molar-refractivity contribution in [3.05, 3.63) is 56.8 Å². The summed E-state index contributed by atoms with van der Waals surface area (Å²) in [4.78, 5) is 13.9. The van der Waals surface area contributed by atoms with Crippen LogP contribution in [0.15, 0.2) is 30.3 Å². The Bertz CT molecular complexity index is 869. The van der Waals surface area contributed by atoms with E-state index in [1.54, 1.807) is 12.3 Å². The molecule has 1 amide bonds. The Hall–Kier alpha value is -1.34. The standard InChI is InChI=1S/C18H16Cl3FN2O2S/c1-27-23-18(25)12-7-15(21)17(8-16(12)22)26-9-11-4-5-24(11)10-2-3-13(19)14(20)6-10/h2-3,6-8,11H,4-5,9H2,1H3,(H,23,25). The first kappa shape index (κ1) is 20.4. The fraction of sp³-hybridized carbons (Fsp3) is 0.278. The molecule has 0 bridgehead atoms. The summed E-state index contributed by atoms with van der Waals surface area (Å²) >= 11 is 19.3. The molecule has 0 spiro atoms.